The lowest BCUT2D eigenvalue weighted by Crippen LogP contribution is -2.13. The van der Waals surface area contributed by atoms with E-state index in [9.17, 15) is 10.1 Å². The molecule has 4 aromatic rings. The normalized spacial score (nSPS) is 11.0. The Morgan fingerprint density at radius 2 is 1.94 bits per heavy atom. The van der Waals surface area contributed by atoms with Gasteiger partial charge in [-0.1, -0.05) is 30.3 Å². The molecule has 0 aliphatic carbocycles. The molecule has 31 heavy (non-hydrogen) atoms. The number of aromatic nitrogens is 3. The van der Waals surface area contributed by atoms with Gasteiger partial charge in [-0.25, -0.2) is 4.68 Å². The minimum Gasteiger partial charge on any atom is -0.321 e. The number of carbonyl (C=O) groups is 1. The van der Waals surface area contributed by atoms with Crippen LogP contribution in [-0.4, -0.2) is 20.7 Å². The van der Waals surface area contributed by atoms with Crippen molar-refractivity contribution in [2.45, 2.75) is 6.92 Å². The van der Waals surface area contributed by atoms with Crippen molar-refractivity contribution < 1.29 is 4.79 Å². The zero-order valence-electron chi connectivity index (χ0n) is 16.9. The van der Waals surface area contributed by atoms with E-state index < -0.39 is 5.91 Å². The first-order chi connectivity index (χ1) is 15.1. The Bertz CT molecular complexity index is 1280. The number of nitrogens with zero attached hydrogens (tertiary/aromatic N) is 4. The molecule has 0 bridgehead atoms. The molecule has 2 heterocycles. The van der Waals surface area contributed by atoms with Gasteiger partial charge in [0, 0.05) is 35.4 Å². The van der Waals surface area contributed by atoms with Crippen LogP contribution in [0.25, 0.3) is 23.0 Å². The number of rotatable bonds is 5. The molecule has 0 aliphatic heterocycles. The Kier molecular flexibility index (Phi) is 5.68. The van der Waals surface area contributed by atoms with Gasteiger partial charge in [0.1, 0.15) is 17.3 Å². The van der Waals surface area contributed by atoms with E-state index in [1.807, 2.05) is 73.7 Å². The Hall–Kier alpha value is -4.50. The van der Waals surface area contributed by atoms with Gasteiger partial charge in [-0.3, -0.25) is 9.78 Å². The summed E-state index contributed by atoms with van der Waals surface area (Å²) < 4.78 is 1.72. The van der Waals surface area contributed by atoms with E-state index in [2.05, 4.69) is 15.4 Å². The predicted molar refractivity (Wildman–Crippen MR) is 120 cm³/mol. The number of amides is 1. The minimum absolute atomic E-state index is 0.0146. The maximum absolute atomic E-state index is 12.7. The number of nitrogens with one attached hydrogen (secondary N) is 1. The maximum Gasteiger partial charge on any atom is 0.266 e. The van der Waals surface area contributed by atoms with Gasteiger partial charge in [0.05, 0.1) is 5.69 Å². The lowest BCUT2D eigenvalue weighted by atomic mass is 10.1. The van der Waals surface area contributed by atoms with Crippen LogP contribution in [-0.2, 0) is 4.79 Å². The second-order valence-corrected chi connectivity index (χ2v) is 6.95. The fourth-order valence-corrected chi connectivity index (χ4v) is 3.16. The van der Waals surface area contributed by atoms with Gasteiger partial charge in [-0.2, -0.15) is 10.4 Å². The van der Waals surface area contributed by atoms with Crippen molar-refractivity contribution >= 4 is 17.7 Å². The Morgan fingerprint density at radius 3 is 2.65 bits per heavy atom. The molecule has 0 saturated heterocycles. The van der Waals surface area contributed by atoms with Crippen LogP contribution in [0.2, 0.25) is 0 Å². The Balaban J connectivity index is 1.74. The fourth-order valence-electron chi connectivity index (χ4n) is 3.16. The third-order valence-electron chi connectivity index (χ3n) is 4.64. The number of para-hydroxylation sites is 1. The van der Waals surface area contributed by atoms with Crippen LogP contribution in [0, 0.1) is 18.3 Å². The molecular weight excluding hydrogens is 386 g/mol. The van der Waals surface area contributed by atoms with Gasteiger partial charge in [0.2, 0.25) is 0 Å². The first-order valence-corrected chi connectivity index (χ1v) is 9.69. The van der Waals surface area contributed by atoms with Gasteiger partial charge < -0.3 is 5.32 Å². The van der Waals surface area contributed by atoms with Gasteiger partial charge in [-0.15, -0.1) is 0 Å². The van der Waals surface area contributed by atoms with Crippen LogP contribution in [0.4, 0.5) is 5.69 Å². The number of anilines is 1. The highest BCUT2D eigenvalue weighted by atomic mass is 16.1. The molecule has 6 heteroatoms. The van der Waals surface area contributed by atoms with Crippen molar-refractivity contribution in [3.8, 4) is 23.0 Å². The Labute approximate surface area is 180 Å². The Morgan fingerprint density at radius 1 is 1.10 bits per heavy atom. The number of benzene rings is 2. The van der Waals surface area contributed by atoms with E-state index in [1.54, 1.807) is 35.4 Å². The average molecular weight is 405 g/mol. The number of aryl methyl sites for hydroxylation is 1. The van der Waals surface area contributed by atoms with E-state index in [0.29, 0.717) is 16.9 Å². The highest BCUT2D eigenvalue weighted by Crippen LogP contribution is 2.25. The van der Waals surface area contributed by atoms with Gasteiger partial charge in [-0.05, 0) is 55.0 Å². The first kappa shape index (κ1) is 19.8. The highest BCUT2D eigenvalue weighted by molar-refractivity contribution is 6.10. The van der Waals surface area contributed by atoms with Crippen molar-refractivity contribution in [3.05, 3.63) is 102 Å². The quantitative estimate of drug-likeness (QED) is 0.382. The van der Waals surface area contributed by atoms with Crippen LogP contribution in [0.3, 0.4) is 0 Å². The number of nitriles is 1. The molecular formula is C25H19N5O. The maximum atomic E-state index is 12.7. The summed E-state index contributed by atoms with van der Waals surface area (Å²) in [6.45, 7) is 1.94. The SMILES string of the molecule is Cc1cccc(NC(=O)/C(C#N)=C/c2cn(-c3ccccc3)nc2-c2cccnc2)c1. The van der Waals surface area contributed by atoms with E-state index in [1.165, 1.54) is 0 Å². The van der Waals surface area contributed by atoms with E-state index in [-0.39, 0.29) is 5.57 Å². The van der Waals surface area contributed by atoms with E-state index >= 15 is 0 Å². The molecule has 4 rings (SSSR count). The molecule has 0 saturated carbocycles. The second-order valence-electron chi connectivity index (χ2n) is 6.95. The summed E-state index contributed by atoms with van der Waals surface area (Å²) in [5, 5.41) is 17.1. The third-order valence-corrected chi connectivity index (χ3v) is 4.64. The van der Waals surface area contributed by atoms with Crippen molar-refractivity contribution in [1.29, 1.82) is 5.26 Å². The number of hydrogen-bond acceptors (Lipinski definition) is 4. The third kappa shape index (κ3) is 4.57. The summed E-state index contributed by atoms with van der Waals surface area (Å²) in [6, 6.07) is 22.8. The van der Waals surface area contributed by atoms with E-state index in [4.69, 9.17) is 0 Å². The van der Waals surface area contributed by atoms with Crippen LogP contribution >= 0.6 is 0 Å². The van der Waals surface area contributed by atoms with Crippen molar-refractivity contribution in [1.82, 2.24) is 14.8 Å². The molecule has 1 N–H and O–H groups in total. The zero-order chi connectivity index (χ0) is 21.6. The molecule has 0 unspecified atom stereocenters. The van der Waals surface area contributed by atoms with Crippen molar-refractivity contribution in [2.24, 2.45) is 0 Å². The fraction of sp³-hybridized carbons (Fsp3) is 0.0400. The smallest absolute Gasteiger partial charge is 0.266 e. The molecule has 2 aromatic heterocycles. The molecule has 1 amide bonds. The van der Waals surface area contributed by atoms with Crippen LogP contribution in [0.5, 0.6) is 0 Å². The van der Waals surface area contributed by atoms with Gasteiger partial charge >= 0.3 is 0 Å². The summed E-state index contributed by atoms with van der Waals surface area (Å²) in [5.74, 6) is -0.474. The monoisotopic (exact) mass is 405 g/mol. The number of pyridine rings is 1. The van der Waals surface area contributed by atoms with Crippen LogP contribution in [0.1, 0.15) is 11.1 Å². The standard InChI is InChI=1S/C25H19N5O/c1-18-7-5-9-22(13-18)28-25(31)20(15-26)14-21-17-30(23-10-3-2-4-11-23)29-24(21)19-8-6-12-27-16-19/h2-14,16-17H,1H3,(H,28,31)/b20-14+. The molecule has 0 spiro atoms. The molecule has 0 fully saturated rings. The molecule has 0 radical (unpaired) electrons. The lowest BCUT2D eigenvalue weighted by molar-refractivity contribution is -0.112. The summed E-state index contributed by atoms with van der Waals surface area (Å²) in [7, 11) is 0. The average Bonchev–Trinajstić information content (AvgIpc) is 3.22. The molecule has 6 nitrogen and oxygen atoms in total. The van der Waals surface area contributed by atoms with E-state index in [0.717, 1.165) is 16.8 Å². The minimum atomic E-state index is -0.474. The topological polar surface area (TPSA) is 83.6 Å². The second kappa shape index (κ2) is 8.89. The van der Waals surface area contributed by atoms with Crippen LogP contribution < -0.4 is 5.32 Å². The zero-order valence-corrected chi connectivity index (χ0v) is 16.9. The summed E-state index contributed by atoms with van der Waals surface area (Å²) in [5.41, 5.74) is 4.58. The first-order valence-electron chi connectivity index (χ1n) is 9.69. The van der Waals surface area contributed by atoms with Gasteiger partial charge in [0.15, 0.2) is 0 Å². The van der Waals surface area contributed by atoms with Crippen LogP contribution in [0.15, 0.2) is 90.9 Å². The highest BCUT2D eigenvalue weighted by Gasteiger charge is 2.15. The number of hydrogen-bond donors (Lipinski definition) is 1. The lowest BCUT2D eigenvalue weighted by Gasteiger charge is -2.05. The van der Waals surface area contributed by atoms with Crippen molar-refractivity contribution in [2.75, 3.05) is 5.32 Å². The van der Waals surface area contributed by atoms with Gasteiger partial charge in [0.25, 0.3) is 5.91 Å². The summed E-state index contributed by atoms with van der Waals surface area (Å²) in [6.07, 6.45) is 6.74. The molecule has 2 aromatic carbocycles. The molecule has 0 aliphatic rings. The predicted octanol–water partition coefficient (Wildman–Crippen LogP) is 4.79. The largest absolute Gasteiger partial charge is 0.321 e. The number of carbonyl (C=O) groups excluding carboxylic acids is 1. The molecule has 150 valence electrons. The van der Waals surface area contributed by atoms with Crippen molar-refractivity contribution in [3.63, 3.8) is 0 Å². The molecule has 0 atom stereocenters. The summed E-state index contributed by atoms with van der Waals surface area (Å²) in [4.78, 5) is 16.9. The summed E-state index contributed by atoms with van der Waals surface area (Å²) >= 11 is 0.